The second-order valence-corrected chi connectivity index (χ2v) is 2.72. The molecule has 58 valence electrons. The van der Waals surface area contributed by atoms with Gasteiger partial charge in [0.15, 0.2) is 0 Å². The van der Waals surface area contributed by atoms with E-state index in [-0.39, 0.29) is 6.04 Å². The first-order chi connectivity index (χ1) is 5.24. The fourth-order valence-electron chi connectivity index (χ4n) is 0.920. The van der Waals surface area contributed by atoms with Crippen molar-refractivity contribution in [2.24, 2.45) is 5.11 Å². The smallest absolute Gasteiger partial charge is 0.0927 e. The van der Waals surface area contributed by atoms with Gasteiger partial charge in [-0.3, -0.25) is 0 Å². The summed E-state index contributed by atoms with van der Waals surface area (Å²) in [6, 6.07) is 8.10. The Hall–Kier alpha value is -1.18. The van der Waals surface area contributed by atoms with Gasteiger partial charge in [-0.25, -0.2) is 5.53 Å². The lowest BCUT2D eigenvalue weighted by Crippen LogP contribution is -1.87. The number of hydrogen-bond acceptors (Lipinski definition) is 2. The van der Waals surface area contributed by atoms with Crippen LogP contribution >= 0.6 is 0 Å². The Balaban J connectivity index is 2.89. The van der Waals surface area contributed by atoms with E-state index in [2.05, 4.69) is 5.11 Å². The first-order valence-corrected chi connectivity index (χ1v) is 3.67. The molecule has 2 heteroatoms. The molecule has 1 aromatic rings. The average Bonchev–Trinajstić information content (AvgIpc) is 2.05. The highest BCUT2D eigenvalue weighted by Crippen LogP contribution is 2.15. The number of nitrogens with zero attached hydrogens (tertiary/aromatic N) is 1. The Bertz CT molecular complexity index is 238. The number of rotatable bonds is 2. The molecule has 1 N–H and O–H groups in total. The minimum absolute atomic E-state index is 0.00407. The predicted octanol–water partition coefficient (Wildman–Crippen LogP) is 3.09. The van der Waals surface area contributed by atoms with Crippen molar-refractivity contribution >= 4 is 0 Å². The first-order valence-electron chi connectivity index (χ1n) is 3.67. The van der Waals surface area contributed by atoms with Crippen molar-refractivity contribution in [3.05, 3.63) is 35.4 Å². The molecule has 0 aliphatic rings. The van der Waals surface area contributed by atoms with E-state index in [9.17, 15) is 0 Å². The summed E-state index contributed by atoms with van der Waals surface area (Å²) >= 11 is 0. The van der Waals surface area contributed by atoms with Gasteiger partial charge in [0.1, 0.15) is 0 Å². The van der Waals surface area contributed by atoms with Crippen LogP contribution in [0.15, 0.2) is 29.4 Å². The van der Waals surface area contributed by atoms with E-state index in [1.165, 1.54) is 5.56 Å². The molecular weight excluding hydrogens is 136 g/mol. The summed E-state index contributed by atoms with van der Waals surface area (Å²) in [5, 5.41) is 3.44. The van der Waals surface area contributed by atoms with Crippen molar-refractivity contribution in [3.8, 4) is 0 Å². The Morgan fingerprint density at radius 2 is 1.82 bits per heavy atom. The largest absolute Gasteiger partial charge is 0.209 e. The maximum atomic E-state index is 6.82. The molecule has 0 saturated carbocycles. The fourth-order valence-corrected chi connectivity index (χ4v) is 0.920. The van der Waals surface area contributed by atoms with E-state index in [1.807, 2.05) is 38.1 Å². The van der Waals surface area contributed by atoms with Crippen molar-refractivity contribution in [1.82, 2.24) is 0 Å². The molecule has 0 aliphatic carbocycles. The lowest BCUT2D eigenvalue weighted by atomic mass is 10.1. The van der Waals surface area contributed by atoms with Crippen LogP contribution in [-0.2, 0) is 0 Å². The molecule has 0 saturated heterocycles. The molecule has 0 fully saturated rings. The third-order valence-electron chi connectivity index (χ3n) is 1.75. The quantitative estimate of drug-likeness (QED) is 0.626. The molecular formula is C9H12N2. The predicted molar refractivity (Wildman–Crippen MR) is 44.7 cm³/mol. The number of benzene rings is 1. The molecule has 1 atom stereocenters. The van der Waals surface area contributed by atoms with Gasteiger partial charge in [0, 0.05) is 0 Å². The summed E-state index contributed by atoms with van der Waals surface area (Å²) in [6.07, 6.45) is 0. The van der Waals surface area contributed by atoms with E-state index in [0.717, 1.165) is 5.56 Å². The van der Waals surface area contributed by atoms with Crippen LogP contribution in [0.5, 0.6) is 0 Å². The van der Waals surface area contributed by atoms with Crippen LogP contribution in [0.1, 0.15) is 24.1 Å². The fraction of sp³-hybridized carbons (Fsp3) is 0.333. The summed E-state index contributed by atoms with van der Waals surface area (Å²) in [6.45, 7) is 3.96. The standard InChI is InChI=1S/C9H12N2/c1-7-3-5-9(6-4-7)8(2)11-10/h3-6,8,10H,1-2H3. The van der Waals surface area contributed by atoms with Gasteiger partial charge < -0.3 is 0 Å². The molecule has 0 aliphatic heterocycles. The van der Waals surface area contributed by atoms with Gasteiger partial charge in [0.2, 0.25) is 0 Å². The van der Waals surface area contributed by atoms with Crippen LogP contribution in [-0.4, -0.2) is 0 Å². The van der Waals surface area contributed by atoms with Gasteiger partial charge in [-0.1, -0.05) is 29.8 Å². The van der Waals surface area contributed by atoms with Crippen LogP contribution < -0.4 is 0 Å². The van der Waals surface area contributed by atoms with E-state index in [0.29, 0.717) is 0 Å². The molecule has 11 heavy (non-hydrogen) atoms. The molecule has 0 radical (unpaired) electrons. The van der Waals surface area contributed by atoms with Crippen molar-refractivity contribution < 1.29 is 0 Å². The van der Waals surface area contributed by atoms with E-state index < -0.39 is 0 Å². The van der Waals surface area contributed by atoms with Gasteiger partial charge >= 0.3 is 0 Å². The second kappa shape index (κ2) is 3.28. The summed E-state index contributed by atoms with van der Waals surface area (Å²) < 4.78 is 0. The van der Waals surface area contributed by atoms with Crippen LogP contribution in [0.4, 0.5) is 0 Å². The highest BCUT2D eigenvalue weighted by Gasteiger charge is 2.00. The molecule has 0 spiro atoms. The van der Waals surface area contributed by atoms with Crippen molar-refractivity contribution in [3.63, 3.8) is 0 Å². The van der Waals surface area contributed by atoms with Gasteiger partial charge in [-0.2, -0.15) is 5.11 Å². The Labute approximate surface area is 66.8 Å². The second-order valence-electron chi connectivity index (χ2n) is 2.72. The summed E-state index contributed by atoms with van der Waals surface area (Å²) in [7, 11) is 0. The number of aryl methyl sites for hydroxylation is 1. The zero-order valence-corrected chi connectivity index (χ0v) is 6.83. The summed E-state index contributed by atoms with van der Waals surface area (Å²) in [4.78, 5) is 0. The van der Waals surface area contributed by atoms with Crippen LogP contribution in [0, 0.1) is 12.5 Å². The minimum atomic E-state index is -0.00407. The van der Waals surface area contributed by atoms with Gasteiger partial charge in [0.05, 0.1) is 6.04 Å². The van der Waals surface area contributed by atoms with Crippen LogP contribution in [0.2, 0.25) is 0 Å². The zero-order valence-electron chi connectivity index (χ0n) is 6.83. The zero-order chi connectivity index (χ0) is 8.27. The van der Waals surface area contributed by atoms with Crippen molar-refractivity contribution in [2.45, 2.75) is 19.9 Å². The third-order valence-corrected chi connectivity index (χ3v) is 1.75. The Kier molecular flexibility index (Phi) is 2.36. The van der Waals surface area contributed by atoms with Crippen molar-refractivity contribution in [2.75, 3.05) is 0 Å². The van der Waals surface area contributed by atoms with E-state index >= 15 is 0 Å². The first kappa shape index (κ1) is 7.92. The third kappa shape index (κ3) is 1.87. The van der Waals surface area contributed by atoms with Crippen LogP contribution in [0.25, 0.3) is 0 Å². The van der Waals surface area contributed by atoms with Gasteiger partial charge in [-0.05, 0) is 19.4 Å². The number of hydrogen-bond donors (Lipinski definition) is 1. The topological polar surface area (TPSA) is 36.2 Å². The molecule has 1 aromatic carbocycles. The van der Waals surface area contributed by atoms with Gasteiger partial charge in [0.25, 0.3) is 0 Å². The molecule has 0 bridgehead atoms. The minimum Gasteiger partial charge on any atom is -0.209 e. The van der Waals surface area contributed by atoms with Crippen molar-refractivity contribution in [1.29, 1.82) is 5.53 Å². The normalized spacial score (nSPS) is 12.5. The average molecular weight is 148 g/mol. The van der Waals surface area contributed by atoms with Crippen LogP contribution in [0.3, 0.4) is 0 Å². The molecule has 1 rings (SSSR count). The maximum absolute atomic E-state index is 6.82. The van der Waals surface area contributed by atoms with Gasteiger partial charge in [-0.15, -0.1) is 0 Å². The molecule has 1 unspecified atom stereocenters. The SMILES string of the molecule is Cc1ccc(C(C)N=N)cc1. The summed E-state index contributed by atoms with van der Waals surface area (Å²) in [5.74, 6) is 0. The monoisotopic (exact) mass is 148 g/mol. The lowest BCUT2D eigenvalue weighted by Gasteiger charge is -2.03. The number of nitrogens with one attached hydrogen (secondary N) is 1. The lowest BCUT2D eigenvalue weighted by molar-refractivity contribution is 0.734. The molecule has 0 aromatic heterocycles. The highest BCUT2D eigenvalue weighted by atomic mass is 15.0. The molecule has 2 nitrogen and oxygen atoms in total. The Morgan fingerprint density at radius 3 is 2.27 bits per heavy atom. The molecule has 0 heterocycles. The summed E-state index contributed by atoms with van der Waals surface area (Å²) in [5.41, 5.74) is 9.17. The maximum Gasteiger partial charge on any atom is 0.0927 e. The van der Waals surface area contributed by atoms with E-state index in [4.69, 9.17) is 5.53 Å². The Morgan fingerprint density at radius 1 is 1.27 bits per heavy atom. The van der Waals surface area contributed by atoms with E-state index in [1.54, 1.807) is 0 Å². The highest BCUT2D eigenvalue weighted by molar-refractivity contribution is 5.23. The molecule has 0 amide bonds.